The SMILES string of the molecule is O=C(c1ccccc1)c1c(O)c(-c2ccccc2)nc2ccccc12. The van der Waals surface area contributed by atoms with Crippen LogP contribution in [0.5, 0.6) is 5.75 Å². The smallest absolute Gasteiger partial charge is 0.197 e. The van der Waals surface area contributed by atoms with Gasteiger partial charge in [0.1, 0.15) is 5.69 Å². The minimum atomic E-state index is -0.214. The number of hydrogen-bond donors (Lipinski definition) is 1. The first-order valence-corrected chi connectivity index (χ1v) is 8.02. The van der Waals surface area contributed by atoms with E-state index in [0.717, 1.165) is 5.56 Å². The molecule has 1 N–H and O–H groups in total. The third kappa shape index (κ3) is 2.66. The summed E-state index contributed by atoms with van der Waals surface area (Å²) in [6.45, 7) is 0. The first-order chi connectivity index (χ1) is 12.3. The molecule has 0 atom stereocenters. The van der Waals surface area contributed by atoms with Crippen molar-refractivity contribution < 1.29 is 9.90 Å². The molecule has 0 aliphatic carbocycles. The second kappa shape index (κ2) is 6.21. The van der Waals surface area contributed by atoms with Gasteiger partial charge in [-0.25, -0.2) is 4.98 Å². The molecule has 3 heteroatoms. The van der Waals surface area contributed by atoms with E-state index < -0.39 is 0 Å². The molecule has 0 bridgehead atoms. The zero-order valence-electron chi connectivity index (χ0n) is 13.4. The van der Waals surface area contributed by atoms with Gasteiger partial charge in [-0.15, -0.1) is 0 Å². The molecule has 0 aliphatic heterocycles. The normalized spacial score (nSPS) is 10.7. The Hall–Kier alpha value is -3.46. The molecule has 120 valence electrons. The maximum absolute atomic E-state index is 13.1. The number of fused-ring (bicyclic) bond motifs is 1. The number of ketones is 1. The largest absolute Gasteiger partial charge is 0.505 e. The van der Waals surface area contributed by atoms with E-state index in [4.69, 9.17) is 0 Å². The number of nitrogens with zero attached hydrogens (tertiary/aromatic N) is 1. The molecule has 0 spiro atoms. The fraction of sp³-hybridized carbons (Fsp3) is 0. The number of benzene rings is 3. The van der Waals surface area contributed by atoms with Gasteiger partial charge in [-0.2, -0.15) is 0 Å². The highest BCUT2D eigenvalue weighted by atomic mass is 16.3. The zero-order chi connectivity index (χ0) is 17.2. The first kappa shape index (κ1) is 15.1. The maximum Gasteiger partial charge on any atom is 0.197 e. The summed E-state index contributed by atoms with van der Waals surface area (Å²) in [6, 6.07) is 25.8. The van der Waals surface area contributed by atoms with Gasteiger partial charge in [0.2, 0.25) is 0 Å². The number of carbonyl (C=O) groups excluding carboxylic acids is 1. The Morgan fingerprint density at radius 2 is 1.36 bits per heavy atom. The van der Waals surface area contributed by atoms with Crippen molar-refractivity contribution in [1.29, 1.82) is 0 Å². The van der Waals surface area contributed by atoms with Crippen molar-refractivity contribution in [3.8, 4) is 17.0 Å². The highest BCUT2D eigenvalue weighted by Crippen LogP contribution is 2.36. The van der Waals surface area contributed by atoms with Gasteiger partial charge in [0.15, 0.2) is 11.5 Å². The van der Waals surface area contributed by atoms with Crippen LogP contribution < -0.4 is 0 Å². The summed E-state index contributed by atoms with van der Waals surface area (Å²) in [5, 5.41) is 11.5. The van der Waals surface area contributed by atoms with E-state index in [1.54, 1.807) is 12.1 Å². The van der Waals surface area contributed by atoms with Gasteiger partial charge in [0, 0.05) is 16.5 Å². The van der Waals surface area contributed by atoms with Gasteiger partial charge in [-0.05, 0) is 6.07 Å². The molecule has 25 heavy (non-hydrogen) atoms. The van der Waals surface area contributed by atoms with E-state index in [2.05, 4.69) is 4.98 Å². The molecule has 1 heterocycles. The molecule has 0 saturated carbocycles. The Morgan fingerprint density at radius 1 is 0.760 bits per heavy atom. The minimum absolute atomic E-state index is 0.0845. The Kier molecular flexibility index (Phi) is 3.75. The number of carbonyl (C=O) groups is 1. The van der Waals surface area contributed by atoms with E-state index in [9.17, 15) is 9.90 Å². The first-order valence-electron chi connectivity index (χ1n) is 8.02. The molecular formula is C22H15NO2. The van der Waals surface area contributed by atoms with Gasteiger partial charge < -0.3 is 5.11 Å². The van der Waals surface area contributed by atoms with Crippen LogP contribution in [0, 0.1) is 0 Å². The van der Waals surface area contributed by atoms with E-state index in [1.165, 1.54) is 0 Å². The topological polar surface area (TPSA) is 50.2 Å². The van der Waals surface area contributed by atoms with Crippen molar-refractivity contribution in [2.75, 3.05) is 0 Å². The molecule has 0 saturated heterocycles. The minimum Gasteiger partial charge on any atom is -0.505 e. The number of aromatic hydroxyl groups is 1. The van der Waals surface area contributed by atoms with Crippen LogP contribution in [0.25, 0.3) is 22.2 Å². The Labute approximate surface area is 145 Å². The van der Waals surface area contributed by atoms with Crippen LogP contribution in [-0.4, -0.2) is 15.9 Å². The highest BCUT2D eigenvalue weighted by Gasteiger charge is 2.22. The molecule has 1 aromatic heterocycles. The Bertz CT molecular complexity index is 1060. The van der Waals surface area contributed by atoms with E-state index in [-0.39, 0.29) is 17.1 Å². The molecule has 0 unspecified atom stereocenters. The van der Waals surface area contributed by atoms with Crippen molar-refractivity contribution in [3.05, 3.63) is 96.1 Å². The summed E-state index contributed by atoms with van der Waals surface area (Å²) in [4.78, 5) is 17.7. The van der Waals surface area contributed by atoms with Gasteiger partial charge in [-0.1, -0.05) is 78.9 Å². The van der Waals surface area contributed by atoms with Crippen LogP contribution in [0.1, 0.15) is 15.9 Å². The summed E-state index contributed by atoms with van der Waals surface area (Å²) in [5.41, 5.74) is 2.69. The van der Waals surface area contributed by atoms with Crippen molar-refractivity contribution >= 4 is 16.7 Å². The van der Waals surface area contributed by atoms with Crippen molar-refractivity contribution in [2.24, 2.45) is 0 Å². The van der Waals surface area contributed by atoms with E-state index in [1.807, 2.05) is 72.8 Å². The third-order valence-electron chi connectivity index (χ3n) is 4.18. The predicted molar refractivity (Wildman–Crippen MR) is 98.7 cm³/mol. The second-order valence-corrected chi connectivity index (χ2v) is 5.76. The number of rotatable bonds is 3. The fourth-order valence-electron chi connectivity index (χ4n) is 2.96. The summed E-state index contributed by atoms with van der Waals surface area (Å²) in [7, 11) is 0. The van der Waals surface area contributed by atoms with Gasteiger partial charge in [-0.3, -0.25) is 4.79 Å². The van der Waals surface area contributed by atoms with Gasteiger partial charge in [0.25, 0.3) is 0 Å². The fourth-order valence-corrected chi connectivity index (χ4v) is 2.96. The van der Waals surface area contributed by atoms with E-state index in [0.29, 0.717) is 22.2 Å². The zero-order valence-corrected chi connectivity index (χ0v) is 13.4. The second-order valence-electron chi connectivity index (χ2n) is 5.76. The van der Waals surface area contributed by atoms with Crippen LogP contribution in [0.2, 0.25) is 0 Å². The van der Waals surface area contributed by atoms with Crippen molar-refractivity contribution in [1.82, 2.24) is 4.98 Å². The average molecular weight is 325 g/mol. The van der Waals surface area contributed by atoms with Gasteiger partial charge in [0.05, 0.1) is 11.1 Å². The number of hydrogen-bond acceptors (Lipinski definition) is 3. The number of para-hydroxylation sites is 1. The quantitative estimate of drug-likeness (QED) is 0.548. The summed E-state index contributed by atoms with van der Waals surface area (Å²) < 4.78 is 0. The molecule has 0 radical (unpaired) electrons. The lowest BCUT2D eigenvalue weighted by molar-refractivity contribution is 0.103. The summed E-state index contributed by atoms with van der Waals surface area (Å²) in [5.74, 6) is -0.298. The molecule has 0 aliphatic rings. The maximum atomic E-state index is 13.1. The molecule has 4 rings (SSSR count). The van der Waals surface area contributed by atoms with Crippen LogP contribution in [0.15, 0.2) is 84.9 Å². The molecule has 3 nitrogen and oxygen atoms in total. The monoisotopic (exact) mass is 325 g/mol. The van der Waals surface area contributed by atoms with Crippen LogP contribution in [0.4, 0.5) is 0 Å². The van der Waals surface area contributed by atoms with Crippen molar-refractivity contribution in [3.63, 3.8) is 0 Å². The highest BCUT2D eigenvalue weighted by molar-refractivity contribution is 6.18. The van der Waals surface area contributed by atoms with Crippen LogP contribution >= 0.6 is 0 Å². The molecule has 0 fully saturated rings. The lowest BCUT2D eigenvalue weighted by Crippen LogP contribution is -2.04. The van der Waals surface area contributed by atoms with Gasteiger partial charge >= 0.3 is 0 Å². The Morgan fingerprint density at radius 3 is 2.08 bits per heavy atom. The third-order valence-corrected chi connectivity index (χ3v) is 4.18. The standard InChI is InChI=1S/C22H15NO2/c24-21(16-11-5-2-6-12-16)19-17-13-7-8-14-18(17)23-20(22(19)25)15-9-3-1-4-10-15/h1-14,25H. The lowest BCUT2D eigenvalue weighted by atomic mass is 9.96. The lowest BCUT2D eigenvalue weighted by Gasteiger charge is -2.12. The summed E-state index contributed by atoms with van der Waals surface area (Å²) >= 11 is 0. The Balaban J connectivity index is 2.02. The molecular weight excluding hydrogens is 310 g/mol. The predicted octanol–water partition coefficient (Wildman–Crippen LogP) is 4.84. The average Bonchev–Trinajstić information content (AvgIpc) is 2.68. The van der Waals surface area contributed by atoms with Crippen LogP contribution in [0.3, 0.4) is 0 Å². The van der Waals surface area contributed by atoms with Crippen LogP contribution in [-0.2, 0) is 0 Å². The number of pyridine rings is 1. The molecule has 0 amide bonds. The van der Waals surface area contributed by atoms with Crippen molar-refractivity contribution in [2.45, 2.75) is 0 Å². The number of aromatic nitrogens is 1. The molecule has 4 aromatic rings. The van der Waals surface area contributed by atoms with E-state index >= 15 is 0 Å². The molecule has 3 aromatic carbocycles. The summed E-state index contributed by atoms with van der Waals surface area (Å²) in [6.07, 6.45) is 0.